The molecule has 0 N–H and O–H groups in total. The third-order valence-corrected chi connectivity index (χ3v) is 6.43. The maximum atomic E-state index is 13.8. The van der Waals surface area contributed by atoms with Crippen LogP contribution < -0.4 is 9.64 Å². The van der Waals surface area contributed by atoms with Gasteiger partial charge in [-0.05, 0) is 38.4 Å². The Morgan fingerprint density at radius 1 is 1.13 bits per heavy atom. The molecule has 0 unspecified atom stereocenters. The van der Waals surface area contributed by atoms with Crippen molar-refractivity contribution in [3.8, 4) is 5.75 Å². The molecule has 0 spiro atoms. The number of anilines is 1. The van der Waals surface area contributed by atoms with E-state index >= 15 is 0 Å². The second-order valence-electron chi connectivity index (χ2n) is 6.94. The van der Waals surface area contributed by atoms with Crippen molar-refractivity contribution in [2.45, 2.75) is 4.90 Å². The molecule has 0 bridgehead atoms. The van der Waals surface area contributed by atoms with E-state index in [1.165, 1.54) is 40.5 Å². The molecular weight excluding hydrogens is 465 g/mol. The quantitative estimate of drug-likeness (QED) is 0.485. The van der Waals surface area contributed by atoms with Gasteiger partial charge in [-0.2, -0.15) is 0 Å². The van der Waals surface area contributed by atoms with Crippen LogP contribution in [0.5, 0.6) is 5.75 Å². The summed E-state index contributed by atoms with van der Waals surface area (Å²) in [4.78, 5) is 20.8. The number of carbonyl (C=O) groups is 1. The Hall–Kier alpha value is -2.27. The van der Waals surface area contributed by atoms with Crippen LogP contribution in [-0.4, -0.2) is 64.3 Å². The molecule has 0 aliphatic heterocycles. The van der Waals surface area contributed by atoms with Gasteiger partial charge < -0.3 is 9.64 Å². The molecule has 1 amide bonds. The highest BCUT2D eigenvalue weighted by Gasteiger charge is 2.23. The Labute approximate surface area is 190 Å². The summed E-state index contributed by atoms with van der Waals surface area (Å²) < 4.78 is 44.0. The molecule has 0 aliphatic carbocycles. The number of para-hydroxylation sites is 2. The largest absolute Gasteiger partial charge is 0.481 e. The van der Waals surface area contributed by atoms with Crippen LogP contribution >= 0.6 is 23.7 Å². The number of sulfone groups is 1. The summed E-state index contributed by atoms with van der Waals surface area (Å²) in [5, 5.41) is 0.366. The summed E-state index contributed by atoms with van der Waals surface area (Å²) in [6.07, 6.45) is 1.12. The van der Waals surface area contributed by atoms with Gasteiger partial charge >= 0.3 is 0 Å². The number of carbonyl (C=O) groups excluding carboxylic acids is 1. The average molecular weight is 488 g/mol. The van der Waals surface area contributed by atoms with Crippen LogP contribution in [0.15, 0.2) is 47.4 Å². The second kappa shape index (κ2) is 10.4. The van der Waals surface area contributed by atoms with Crippen molar-refractivity contribution in [3.05, 3.63) is 48.3 Å². The summed E-state index contributed by atoms with van der Waals surface area (Å²) in [5.41, 5.74) is 0.331. The van der Waals surface area contributed by atoms with Gasteiger partial charge in [0.25, 0.3) is 5.91 Å². The molecule has 3 aromatic rings. The summed E-state index contributed by atoms with van der Waals surface area (Å²) in [7, 11) is 0.275. The maximum absolute atomic E-state index is 13.8. The van der Waals surface area contributed by atoms with E-state index in [9.17, 15) is 17.6 Å². The van der Waals surface area contributed by atoms with Gasteiger partial charge in [0.15, 0.2) is 33.1 Å². The van der Waals surface area contributed by atoms with E-state index in [-0.39, 0.29) is 29.7 Å². The van der Waals surface area contributed by atoms with Gasteiger partial charge in [0.2, 0.25) is 0 Å². The molecule has 1 heterocycles. The van der Waals surface area contributed by atoms with E-state index in [1.54, 1.807) is 18.2 Å². The fourth-order valence-electron chi connectivity index (χ4n) is 2.73. The summed E-state index contributed by atoms with van der Waals surface area (Å²) in [6, 6.07) is 10.8. The fraction of sp³-hybridized carbons (Fsp3) is 0.300. The molecule has 7 nitrogen and oxygen atoms in total. The first-order chi connectivity index (χ1) is 14.2. The molecule has 31 heavy (non-hydrogen) atoms. The lowest BCUT2D eigenvalue weighted by atomic mass is 10.3. The Morgan fingerprint density at radius 3 is 2.48 bits per heavy atom. The van der Waals surface area contributed by atoms with Crippen LogP contribution in [0.25, 0.3) is 10.2 Å². The number of hydrogen-bond donors (Lipinski definition) is 0. The fourth-order valence-corrected chi connectivity index (χ4v) is 4.67. The first kappa shape index (κ1) is 25.0. The molecule has 3 rings (SSSR count). The third kappa shape index (κ3) is 6.13. The molecule has 0 saturated carbocycles. The Balaban J connectivity index is 0.00000341. The highest BCUT2D eigenvalue weighted by molar-refractivity contribution is 7.91. The Kier molecular flexibility index (Phi) is 8.35. The zero-order valence-electron chi connectivity index (χ0n) is 17.2. The van der Waals surface area contributed by atoms with Crippen LogP contribution in [0.3, 0.4) is 0 Å². The summed E-state index contributed by atoms with van der Waals surface area (Å²) >= 11 is 1.22. The van der Waals surface area contributed by atoms with Gasteiger partial charge in [-0.25, -0.2) is 17.8 Å². The highest BCUT2D eigenvalue weighted by Crippen LogP contribution is 2.32. The Morgan fingerprint density at radius 2 is 1.84 bits per heavy atom. The number of nitrogens with zero attached hydrogens (tertiary/aromatic N) is 3. The predicted octanol–water partition coefficient (Wildman–Crippen LogP) is 3.23. The van der Waals surface area contributed by atoms with Crippen molar-refractivity contribution in [2.75, 3.05) is 44.9 Å². The van der Waals surface area contributed by atoms with Crippen molar-refractivity contribution in [3.63, 3.8) is 0 Å². The number of thiazole rings is 1. The lowest BCUT2D eigenvalue weighted by Crippen LogP contribution is -2.39. The van der Waals surface area contributed by atoms with E-state index in [2.05, 4.69) is 4.98 Å². The van der Waals surface area contributed by atoms with Crippen molar-refractivity contribution >= 4 is 54.8 Å². The van der Waals surface area contributed by atoms with Crippen LogP contribution in [0.1, 0.15) is 0 Å². The molecule has 0 saturated heterocycles. The molecule has 11 heteroatoms. The molecule has 2 aromatic carbocycles. The van der Waals surface area contributed by atoms with Crippen molar-refractivity contribution in [1.82, 2.24) is 9.88 Å². The highest BCUT2D eigenvalue weighted by atomic mass is 35.5. The van der Waals surface area contributed by atoms with Crippen molar-refractivity contribution in [2.24, 2.45) is 0 Å². The first-order valence-electron chi connectivity index (χ1n) is 9.09. The number of aromatic nitrogens is 1. The second-order valence-corrected chi connectivity index (χ2v) is 9.93. The number of fused-ring (bicyclic) bond motifs is 1. The topological polar surface area (TPSA) is 79.8 Å². The van der Waals surface area contributed by atoms with Gasteiger partial charge in [-0.3, -0.25) is 9.69 Å². The molecular formula is C20H23ClFN3O4S2. The molecule has 1 aromatic heterocycles. The standard InChI is InChI=1S/C20H22FN3O4S2.ClH/c1-23(2)11-12-24(18(25)13-28-15-8-5-4-7-14(15)21)20-22-19-16(29-20)9-6-10-17(19)30(3,26)27;/h4-10H,11-13H2,1-3H3;1H. The minimum Gasteiger partial charge on any atom is -0.481 e. The normalized spacial score (nSPS) is 11.4. The SMILES string of the molecule is CN(C)CCN(C(=O)COc1ccccc1F)c1nc2c(S(C)(=O)=O)cccc2s1.Cl. The number of halogens is 2. The minimum absolute atomic E-state index is 0. The van der Waals surface area contributed by atoms with E-state index in [0.717, 1.165) is 6.26 Å². The first-order valence-corrected chi connectivity index (χ1v) is 11.8. The molecule has 0 aliphatic rings. The monoisotopic (exact) mass is 487 g/mol. The zero-order valence-corrected chi connectivity index (χ0v) is 19.7. The van der Waals surface area contributed by atoms with Gasteiger partial charge in [0.05, 0.1) is 9.60 Å². The molecule has 0 fully saturated rings. The van der Waals surface area contributed by atoms with E-state index in [4.69, 9.17) is 4.74 Å². The number of ether oxygens (including phenoxy) is 1. The average Bonchev–Trinajstić information content (AvgIpc) is 3.10. The molecule has 0 atom stereocenters. The number of amides is 1. The van der Waals surface area contributed by atoms with Gasteiger partial charge in [-0.15, -0.1) is 12.4 Å². The van der Waals surface area contributed by atoms with Gasteiger partial charge in [0, 0.05) is 19.3 Å². The van der Waals surface area contributed by atoms with E-state index in [0.29, 0.717) is 28.4 Å². The lowest BCUT2D eigenvalue weighted by Gasteiger charge is -2.22. The number of rotatable bonds is 8. The van der Waals surface area contributed by atoms with E-state index < -0.39 is 21.6 Å². The summed E-state index contributed by atoms with van der Waals surface area (Å²) in [6.45, 7) is 0.504. The van der Waals surface area contributed by atoms with Crippen LogP contribution in [-0.2, 0) is 14.6 Å². The predicted molar refractivity (Wildman–Crippen MR) is 123 cm³/mol. The molecule has 0 radical (unpaired) electrons. The van der Waals surface area contributed by atoms with Crippen molar-refractivity contribution < 1.29 is 22.3 Å². The van der Waals surface area contributed by atoms with Gasteiger partial charge in [-0.1, -0.05) is 29.5 Å². The number of likely N-dealkylation sites (N-methyl/N-ethyl adjacent to an activating group) is 1. The zero-order chi connectivity index (χ0) is 21.9. The maximum Gasteiger partial charge on any atom is 0.266 e. The number of hydrogen-bond acceptors (Lipinski definition) is 7. The molecule has 168 valence electrons. The third-order valence-electron chi connectivity index (χ3n) is 4.26. The number of benzene rings is 2. The van der Waals surface area contributed by atoms with Crippen LogP contribution in [0.4, 0.5) is 9.52 Å². The smallest absolute Gasteiger partial charge is 0.266 e. The van der Waals surface area contributed by atoms with Crippen LogP contribution in [0.2, 0.25) is 0 Å². The van der Waals surface area contributed by atoms with Gasteiger partial charge in [0.1, 0.15) is 5.52 Å². The minimum atomic E-state index is -3.47. The Bertz CT molecular complexity index is 1170. The lowest BCUT2D eigenvalue weighted by molar-refractivity contribution is -0.120. The van der Waals surface area contributed by atoms with Crippen LogP contribution in [0, 0.1) is 5.82 Å². The van der Waals surface area contributed by atoms with E-state index in [1.807, 2.05) is 19.0 Å². The summed E-state index contributed by atoms with van der Waals surface area (Å²) in [5.74, 6) is -0.968. The van der Waals surface area contributed by atoms with Crippen molar-refractivity contribution in [1.29, 1.82) is 0 Å².